The van der Waals surface area contributed by atoms with Crippen LogP contribution in [-0.4, -0.2) is 40.9 Å². The van der Waals surface area contributed by atoms with Crippen LogP contribution in [0.5, 0.6) is 5.75 Å². The molecule has 1 aliphatic heterocycles. The Morgan fingerprint density at radius 1 is 1.22 bits per heavy atom. The standard InChI is InChI=1S/C14H23N3O/c1-16-8-4-7-13(10-16)18-14-9-15-17(11-14)12-5-2-3-6-12/h9,11-13H,2-8,10H2,1H3. The maximum Gasteiger partial charge on any atom is 0.157 e. The number of hydrogen-bond acceptors (Lipinski definition) is 3. The Bertz CT molecular complexity index is 384. The molecule has 0 radical (unpaired) electrons. The zero-order valence-corrected chi connectivity index (χ0v) is 11.2. The summed E-state index contributed by atoms with van der Waals surface area (Å²) >= 11 is 0. The van der Waals surface area contributed by atoms with E-state index in [4.69, 9.17) is 4.74 Å². The lowest BCUT2D eigenvalue weighted by Gasteiger charge is -2.29. The lowest BCUT2D eigenvalue weighted by atomic mass is 10.1. The molecule has 0 N–H and O–H groups in total. The summed E-state index contributed by atoms with van der Waals surface area (Å²) < 4.78 is 8.15. The Balaban J connectivity index is 1.59. The first kappa shape index (κ1) is 12.0. The van der Waals surface area contributed by atoms with Crippen LogP contribution in [0.3, 0.4) is 0 Å². The molecule has 18 heavy (non-hydrogen) atoms. The SMILES string of the molecule is CN1CCCC(Oc2cnn(C3CCCC3)c2)C1. The molecule has 1 aliphatic carbocycles. The van der Waals surface area contributed by atoms with Gasteiger partial charge in [0.15, 0.2) is 5.75 Å². The fraction of sp³-hybridized carbons (Fsp3) is 0.786. The van der Waals surface area contributed by atoms with Crippen LogP contribution in [0.1, 0.15) is 44.6 Å². The summed E-state index contributed by atoms with van der Waals surface area (Å²) in [5, 5.41) is 4.46. The molecule has 4 nitrogen and oxygen atoms in total. The molecule has 2 heterocycles. The average molecular weight is 249 g/mol. The van der Waals surface area contributed by atoms with E-state index in [0.29, 0.717) is 12.1 Å². The van der Waals surface area contributed by atoms with Crippen LogP contribution in [0.2, 0.25) is 0 Å². The molecular weight excluding hydrogens is 226 g/mol. The Morgan fingerprint density at radius 2 is 2.06 bits per heavy atom. The Morgan fingerprint density at radius 3 is 2.83 bits per heavy atom. The van der Waals surface area contributed by atoms with Crippen LogP contribution in [-0.2, 0) is 0 Å². The van der Waals surface area contributed by atoms with Crippen LogP contribution >= 0.6 is 0 Å². The molecule has 0 bridgehead atoms. The van der Waals surface area contributed by atoms with Crippen LogP contribution in [0.25, 0.3) is 0 Å². The van der Waals surface area contributed by atoms with E-state index >= 15 is 0 Å². The van der Waals surface area contributed by atoms with Gasteiger partial charge in [-0.15, -0.1) is 0 Å². The van der Waals surface area contributed by atoms with Crippen molar-refractivity contribution in [2.45, 2.75) is 50.7 Å². The minimum absolute atomic E-state index is 0.338. The first-order chi connectivity index (χ1) is 8.81. The van der Waals surface area contributed by atoms with E-state index in [0.717, 1.165) is 12.3 Å². The van der Waals surface area contributed by atoms with E-state index in [1.165, 1.54) is 45.1 Å². The van der Waals surface area contributed by atoms with Gasteiger partial charge in [-0.25, -0.2) is 0 Å². The predicted molar refractivity (Wildman–Crippen MR) is 70.9 cm³/mol. The van der Waals surface area contributed by atoms with E-state index in [1.807, 2.05) is 6.20 Å². The minimum atomic E-state index is 0.338. The fourth-order valence-electron chi connectivity index (χ4n) is 3.16. The first-order valence-corrected chi connectivity index (χ1v) is 7.20. The molecule has 1 saturated heterocycles. The molecule has 0 spiro atoms. The molecule has 1 atom stereocenters. The Kier molecular flexibility index (Phi) is 3.55. The number of hydrogen-bond donors (Lipinski definition) is 0. The van der Waals surface area contributed by atoms with E-state index in [2.05, 4.69) is 27.9 Å². The van der Waals surface area contributed by atoms with Crippen molar-refractivity contribution in [1.82, 2.24) is 14.7 Å². The zero-order valence-electron chi connectivity index (χ0n) is 11.2. The second-order valence-corrected chi connectivity index (χ2v) is 5.74. The largest absolute Gasteiger partial charge is 0.486 e. The molecule has 0 amide bonds. The molecule has 1 aromatic rings. The fourth-order valence-corrected chi connectivity index (χ4v) is 3.16. The number of likely N-dealkylation sites (tertiary alicyclic amines) is 1. The van der Waals surface area contributed by atoms with Gasteiger partial charge in [0.25, 0.3) is 0 Å². The van der Waals surface area contributed by atoms with Crippen molar-refractivity contribution in [2.24, 2.45) is 0 Å². The third-order valence-electron chi connectivity index (χ3n) is 4.16. The molecule has 100 valence electrons. The van der Waals surface area contributed by atoms with Gasteiger partial charge in [-0.3, -0.25) is 4.68 Å². The van der Waals surface area contributed by atoms with Gasteiger partial charge in [0, 0.05) is 6.54 Å². The molecule has 2 fully saturated rings. The van der Waals surface area contributed by atoms with Gasteiger partial charge < -0.3 is 9.64 Å². The summed E-state index contributed by atoms with van der Waals surface area (Å²) in [6, 6.07) is 0.608. The first-order valence-electron chi connectivity index (χ1n) is 7.20. The maximum atomic E-state index is 6.04. The topological polar surface area (TPSA) is 30.3 Å². The van der Waals surface area contributed by atoms with Crippen LogP contribution in [0.4, 0.5) is 0 Å². The summed E-state index contributed by atoms with van der Waals surface area (Å²) in [5.41, 5.74) is 0. The molecule has 1 unspecified atom stereocenters. The van der Waals surface area contributed by atoms with Gasteiger partial charge in [-0.1, -0.05) is 12.8 Å². The van der Waals surface area contributed by atoms with Crippen LogP contribution < -0.4 is 4.74 Å². The predicted octanol–water partition coefficient (Wildman–Crippen LogP) is 2.47. The smallest absolute Gasteiger partial charge is 0.157 e. The number of aromatic nitrogens is 2. The van der Waals surface area contributed by atoms with Crippen molar-refractivity contribution in [3.63, 3.8) is 0 Å². The average Bonchev–Trinajstić information content (AvgIpc) is 2.98. The van der Waals surface area contributed by atoms with Gasteiger partial charge in [-0.05, 0) is 39.3 Å². The van der Waals surface area contributed by atoms with Crippen molar-refractivity contribution in [1.29, 1.82) is 0 Å². The Labute approximate surface area is 109 Å². The van der Waals surface area contributed by atoms with E-state index < -0.39 is 0 Å². The summed E-state index contributed by atoms with van der Waals surface area (Å²) in [5.74, 6) is 0.946. The lowest BCUT2D eigenvalue weighted by Crippen LogP contribution is -2.38. The van der Waals surface area contributed by atoms with Crippen molar-refractivity contribution < 1.29 is 4.74 Å². The van der Waals surface area contributed by atoms with E-state index in [-0.39, 0.29) is 0 Å². The van der Waals surface area contributed by atoms with Crippen molar-refractivity contribution in [3.8, 4) is 5.75 Å². The zero-order chi connectivity index (χ0) is 12.4. The van der Waals surface area contributed by atoms with Crippen LogP contribution in [0, 0.1) is 0 Å². The summed E-state index contributed by atoms with van der Waals surface area (Å²) in [6.07, 6.45) is 11.9. The third kappa shape index (κ3) is 2.69. The molecule has 3 rings (SSSR count). The van der Waals surface area contributed by atoms with Gasteiger partial charge in [-0.2, -0.15) is 5.10 Å². The highest BCUT2D eigenvalue weighted by atomic mass is 16.5. The third-order valence-corrected chi connectivity index (χ3v) is 4.16. The van der Waals surface area contributed by atoms with Crippen molar-refractivity contribution >= 4 is 0 Å². The summed E-state index contributed by atoms with van der Waals surface area (Å²) in [6.45, 7) is 2.23. The maximum absolute atomic E-state index is 6.04. The number of likely N-dealkylation sites (N-methyl/N-ethyl adjacent to an activating group) is 1. The second kappa shape index (κ2) is 5.31. The lowest BCUT2D eigenvalue weighted by molar-refractivity contribution is 0.104. The molecular formula is C14H23N3O. The number of ether oxygens (including phenoxy) is 1. The molecule has 0 aromatic carbocycles. The van der Waals surface area contributed by atoms with Crippen molar-refractivity contribution in [2.75, 3.05) is 20.1 Å². The van der Waals surface area contributed by atoms with E-state index in [1.54, 1.807) is 0 Å². The molecule has 2 aliphatic rings. The summed E-state index contributed by atoms with van der Waals surface area (Å²) in [7, 11) is 2.16. The summed E-state index contributed by atoms with van der Waals surface area (Å²) in [4.78, 5) is 2.34. The Hall–Kier alpha value is -1.03. The highest BCUT2D eigenvalue weighted by Gasteiger charge is 2.21. The second-order valence-electron chi connectivity index (χ2n) is 5.74. The van der Waals surface area contributed by atoms with Gasteiger partial charge in [0.05, 0.1) is 18.4 Å². The number of nitrogens with zero attached hydrogens (tertiary/aromatic N) is 3. The molecule has 4 heteroatoms. The number of piperidine rings is 1. The molecule has 1 aromatic heterocycles. The normalized spacial score (nSPS) is 26.6. The van der Waals surface area contributed by atoms with Crippen LogP contribution in [0.15, 0.2) is 12.4 Å². The van der Waals surface area contributed by atoms with E-state index in [9.17, 15) is 0 Å². The molecule has 1 saturated carbocycles. The van der Waals surface area contributed by atoms with Gasteiger partial charge >= 0.3 is 0 Å². The van der Waals surface area contributed by atoms with Gasteiger partial charge in [0.1, 0.15) is 6.10 Å². The van der Waals surface area contributed by atoms with Gasteiger partial charge in [0.2, 0.25) is 0 Å². The minimum Gasteiger partial charge on any atom is -0.486 e. The quantitative estimate of drug-likeness (QED) is 0.824. The highest BCUT2D eigenvalue weighted by Crippen LogP contribution is 2.30. The highest BCUT2D eigenvalue weighted by molar-refractivity contribution is 5.13. The number of rotatable bonds is 3. The monoisotopic (exact) mass is 249 g/mol. The van der Waals surface area contributed by atoms with Crippen molar-refractivity contribution in [3.05, 3.63) is 12.4 Å².